The largest absolute Gasteiger partial charge is 0.488 e. The second-order valence-corrected chi connectivity index (χ2v) is 12.1. The summed E-state index contributed by atoms with van der Waals surface area (Å²) in [5, 5.41) is 15.0. The van der Waals surface area contributed by atoms with Crippen LogP contribution in [0.2, 0.25) is 0 Å². The molecular formula is C27H33FN6O6S. The molecular weight excluding hydrogens is 555 g/mol. The lowest BCUT2D eigenvalue weighted by atomic mass is 9.99. The number of imidazole rings is 1. The van der Waals surface area contributed by atoms with Gasteiger partial charge in [-0.2, -0.15) is 4.31 Å². The van der Waals surface area contributed by atoms with Crippen molar-refractivity contribution in [1.82, 2.24) is 18.8 Å². The fraction of sp³-hybridized carbons (Fsp3) is 0.370. The van der Waals surface area contributed by atoms with E-state index in [1.165, 1.54) is 65.4 Å². The highest BCUT2D eigenvalue weighted by Crippen LogP contribution is 2.31. The lowest BCUT2D eigenvalue weighted by molar-refractivity contribution is 0.0387. The Kier molecular flexibility index (Phi) is 8.95. The van der Waals surface area contributed by atoms with Gasteiger partial charge in [-0.15, -0.1) is 0 Å². The van der Waals surface area contributed by atoms with Crippen LogP contribution in [-0.4, -0.2) is 83.1 Å². The average molecular weight is 589 g/mol. The number of benzene rings is 2. The van der Waals surface area contributed by atoms with E-state index in [9.17, 15) is 27.5 Å². The lowest BCUT2D eigenvalue weighted by Crippen LogP contribution is -2.50. The van der Waals surface area contributed by atoms with E-state index < -0.39 is 39.9 Å². The Balaban J connectivity index is 1.61. The summed E-state index contributed by atoms with van der Waals surface area (Å²) in [4.78, 5) is 31.6. The number of urea groups is 1. The number of nitrogens with one attached hydrogen (secondary N) is 2. The third-order valence-corrected chi connectivity index (χ3v) is 8.53. The molecule has 1 aliphatic heterocycles. The molecule has 3 N–H and O–H groups in total. The van der Waals surface area contributed by atoms with Crippen molar-refractivity contribution in [1.29, 1.82) is 0 Å². The molecule has 1 aromatic heterocycles. The summed E-state index contributed by atoms with van der Waals surface area (Å²) in [5.41, 5.74) is 0.799. The molecule has 2 heterocycles. The third kappa shape index (κ3) is 6.84. The summed E-state index contributed by atoms with van der Waals surface area (Å²) in [6.45, 7) is 3.42. The average Bonchev–Trinajstić information content (AvgIpc) is 3.38. The highest BCUT2D eigenvalue weighted by Gasteiger charge is 2.35. The molecule has 0 spiro atoms. The van der Waals surface area contributed by atoms with Gasteiger partial charge in [-0.1, -0.05) is 6.92 Å². The van der Waals surface area contributed by atoms with Crippen molar-refractivity contribution in [3.8, 4) is 5.75 Å². The van der Waals surface area contributed by atoms with Gasteiger partial charge >= 0.3 is 6.03 Å². The number of aryl methyl sites for hydroxylation is 1. The number of halogens is 1. The maximum absolute atomic E-state index is 13.6. The first kappa shape index (κ1) is 30.0. The fourth-order valence-electron chi connectivity index (χ4n) is 4.38. The van der Waals surface area contributed by atoms with Crippen LogP contribution in [0.4, 0.5) is 20.6 Å². The second-order valence-electron chi connectivity index (χ2n) is 10.1. The van der Waals surface area contributed by atoms with Crippen LogP contribution < -0.4 is 15.4 Å². The summed E-state index contributed by atoms with van der Waals surface area (Å²) in [6.07, 6.45) is 2.14. The van der Waals surface area contributed by atoms with Crippen molar-refractivity contribution in [3.63, 3.8) is 0 Å². The fourth-order valence-corrected chi connectivity index (χ4v) is 5.52. The number of aromatic nitrogens is 2. The van der Waals surface area contributed by atoms with Gasteiger partial charge in [-0.25, -0.2) is 22.6 Å². The molecule has 0 saturated heterocycles. The van der Waals surface area contributed by atoms with Gasteiger partial charge in [-0.3, -0.25) is 4.79 Å². The monoisotopic (exact) mass is 588 g/mol. The molecule has 0 radical (unpaired) electrons. The molecule has 0 aliphatic carbocycles. The minimum atomic E-state index is -3.91. The minimum absolute atomic E-state index is 0.0326. The van der Waals surface area contributed by atoms with Gasteiger partial charge in [0.2, 0.25) is 0 Å². The first-order valence-corrected chi connectivity index (χ1v) is 14.3. The van der Waals surface area contributed by atoms with E-state index in [4.69, 9.17) is 4.74 Å². The van der Waals surface area contributed by atoms with Crippen LogP contribution in [-0.2, 0) is 17.1 Å². The highest BCUT2D eigenvalue weighted by atomic mass is 32.2. The number of sulfonamides is 1. The van der Waals surface area contributed by atoms with Crippen molar-refractivity contribution >= 4 is 33.3 Å². The summed E-state index contributed by atoms with van der Waals surface area (Å²) in [5.74, 6) is -0.966. The van der Waals surface area contributed by atoms with Crippen LogP contribution >= 0.6 is 0 Å². The number of rotatable bonds is 8. The molecule has 2 aromatic carbocycles. The SMILES string of the molecule is C[C@H](CO)N1C[C@H](C)[C@@H](CN(C)S(=O)(=O)c2cn(C)cn2)Oc2ccc(NC(=O)Nc3ccc(F)cc3)cc2C1=O. The van der Waals surface area contributed by atoms with Gasteiger partial charge in [-0.05, 0) is 49.4 Å². The lowest BCUT2D eigenvalue weighted by Gasteiger charge is -2.38. The van der Waals surface area contributed by atoms with E-state index in [1.807, 2.05) is 6.92 Å². The molecule has 0 fully saturated rings. The highest BCUT2D eigenvalue weighted by molar-refractivity contribution is 7.89. The zero-order valence-electron chi connectivity index (χ0n) is 23.1. The van der Waals surface area contributed by atoms with Crippen molar-refractivity contribution in [2.24, 2.45) is 13.0 Å². The van der Waals surface area contributed by atoms with Gasteiger partial charge < -0.3 is 29.9 Å². The minimum Gasteiger partial charge on any atom is -0.488 e. The van der Waals surface area contributed by atoms with Crippen LogP contribution in [0.25, 0.3) is 0 Å². The number of hydrogen-bond donors (Lipinski definition) is 3. The number of anilines is 2. The maximum atomic E-state index is 13.6. The number of likely N-dealkylation sites (N-methyl/N-ethyl adjacent to an activating group) is 1. The molecule has 3 atom stereocenters. The van der Waals surface area contributed by atoms with E-state index in [0.29, 0.717) is 5.69 Å². The van der Waals surface area contributed by atoms with E-state index in [-0.39, 0.29) is 47.6 Å². The molecule has 14 heteroatoms. The Hall–Kier alpha value is -4.01. The number of nitrogens with zero attached hydrogens (tertiary/aromatic N) is 4. The Morgan fingerprint density at radius 3 is 2.51 bits per heavy atom. The Labute approximate surface area is 237 Å². The smallest absolute Gasteiger partial charge is 0.323 e. The van der Waals surface area contributed by atoms with Crippen molar-refractivity contribution in [2.75, 3.05) is 37.4 Å². The zero-order chi connectivity index (χ0) is 29.9. The van der Waals surface area contributed by atoms with Gasteiger partial charge in [0, 0.05) is 44.1 Å². The van der Waals surface area contributed by atoms with Gasteiger partial charge in [0.15, 0.2) is 5.03 Å². The molecule has 4 rings (SSSR count). The first-order chi connectivity index (χ1) is 19.4. The zero-order valence-corrected chi connectivity index (χ0v) is 23.9. The van der Waals surface area contributed by atoms with Crippen molar-refractivity contribution in [3.05, 3.63) is 66.4 Å². The number of hydrogen-bond acceptors (Lipinski definition) is 7. The Morgan fingerprint density at radius 2 is 1.88 bits per heavy atom. The van der Waals surface area contributed by atoms with Crippen molar-refractivity contribution < 1.29 is 32.2 Å². The quantitative estimate of drug-likeness (QED) is 0.367. The van der Waals surface area contributed by atoms with Crippen LogP contribution in [0, 0.1) is 11.7 Å². The normalized spacial score (nSPS) is 18.2. The molecule has 1 aliphatic rings. The predicted molar refractivity (Wildman–Crippen MR) is 150 cm³/mol. The second kappa shape index (κ2) is 12.2. The predicted octanol–water partition coefficient (Wildman–Crippen LogP) is 2.74. The van der Waals surface area contributed by atoms with E-state index >= 15 is 0 Å². The summed E-state index contributed by atoms with van der Waals surface area (Å²) in [7, 11) is -0.798. The first-order valence-electron chi connectivity index (χ1n) is 12.9. The molecule has 220 valence electrons. The summed E-state index contributed by atoms with van der Waals surface area (Å²) < 4.78 is 48.4. The standard InChI is InChI=1S/C27H33FN6O6S/c1-17-12-34(18(2)15-35)26(36)22-11-21(31-27(37)30-20-7-5-19(28)6-8-20)9-10-23(22)40-24(17)13-33(4)41(38,39)25-14-32(3)16-29-25/h5-11,14,16-18,24,35H,12-13,15H2,1-4H3,(H2,30,31,37)/t17-,18+,24+/m0/s1. The van der Waals surface area contributed by atoms with Crippen LogP contribution in [0.3, 0.4) is 0 Å². The van der Waals surface area contributed by atoms with Gasteiger partial charge in [0.1, 0.15) is 17.7 Å². The van der Waals surface area contributed by atoms with Gasteiger partial charge in [0.05, 0.1) is 31.1 Å². The van der Waals surface area contributed by atoms with Crippen LogP contribution in [0.15, 0.2) is 60.0 Å². The van der Waals surface area contributed by atoms with Crippen LogP contribution in [0.1, 0.15) is 24.2 Å². The number of aliphatic hydroxyl groups excluding tert-OH is 1. The van der Waals surface area contributed by atoms with E-state index in [1.54, 1.807) is 20.0 Å². The number of carbonyl (C=O) groups is 2. The van der Waals surface area contributed by atoms with Gasteiger partial charge in [0.25, 0.3) is 15.9 Å². The Bertz CT molecular complexity index is 1510. The number of carbonyl (C=O) groups excluding carboxylic acids is 2. The third-order valence-electron chi connectivity index (χ3n) is 6.82. The number of aliphatic hydroxyl groups is 1. The molecule has 41 heavy (non-hydrogen) atoms. The summed E-state index contributed by atoms with van der Waals surface area (Å²) >= 11 is 0. The topological polar surface area (TPSA) is 146 Å². The summed E-state index contributed by atoms with van der Waals surface area (Å²) in [6, 6.07) is 8.64. The Morgan fingerprint density at radius 1 is 1.22 bits per heavy atom. The molecule has 0 bridgehead atoms. The van der Waals surface area contributed by atoms with Crippen molar-refractivity contribution in [2.45, 2.75) is 31.0 Å². The molecule has 0 saturated carbocycles. The number of ether oxygens (including phenoxy) is 1. The van der Waals surface area contributed by atoms with Crippen LogP contribution in [0.5, 0.6) is 5.75 Å². The molecule has 3 amide bonds. The maximum Gasteiger partial charge on any atom is 0.323 e. The molecule has 0 unspecified atom stereocenters. The molecule has 12 nitrogen and oxygen atoms in total. The van der Waals surface area contributed by atoms with E-state index in [0.717, 1.165) is 4.31 Å². The number of amides is 3. The molecule has 3 aromatic rings. The number of fused-ring (bicyclic) bond motifs is 1. The van der Waals surface area contributed by atoms with E-state index in [2.05, 4.69) is 15.6 Å².